The molecule has 3 heterocycles. The van der Waals surface area contributed by atoms with Gasteiger partial charge in [0.2, 0.25) is 0 Å². The number of aliphatic imine (C=N–C) groups is 1. The number of nitrogens with one attached hydrogen (secondary N) is 1. The Labute approximate surface area is 216 Å². The molecule has 1 N–H and O–H groups in total. The molecule has 7 nitrogen and oxygen atoms in total. The maximum absolute atomic E-state index is 5.73. The van der Waals surface area contributed by atoms with Gasteiger partial charge in [0.1, 0.15) is 5.75 Å². The minimum atomic E-state index is 0. The maximum Gasteiger partial charge on any atom is 0.193 e. The van der Waals surface area contributed by atoms with Gasteiger partial charge < -0.3 is 24.4 Å². The number of halogens is 1. The molecule has 0 radical (unpaired) electrons. The number of hydrogen-bond acceptors (Lipinski definition) is 5. The zero-order valence-electron chi connectivity index (χ0n) is 20.3. The molecule has 1 aromatic carbocycles. The topological polar surface area (TPSA) is 58.6 Å². The Bertz CT molecular complexity index is 734. The predicted octanol–water partition coefficient (Wildman–Crippen LogP) is 3.12. The largest absolute Gasteiger partial charge is 0.494 e. The first-order valence-corrected chi connectivity index (χ1v) is 12.4. The standard InChI is InChI=1S/C25H40N4O3.HI/c1-3-26-24(29-12-9-22(19-29)28-13-17-31-18-14-28)27-20-25(10-15-30-16-11-25)21-5-7-23(8-6-21)32-4-2;/h5-8,22H,3-4,9-20H2,1-2H3,(H,26,27);1H. The highest BCUT2D eigenvalue weighted by molar-refractivity contribution is 14.0. The SMILES string of the molecule is CCNC(=NCC1(c2ccc(OCC)cc2)CCOCC1)N1CCC(N2CCOCC2)C1.I. The lowest BCUT2D eigenvalue weighted by atomic mass is 9.74. The van der Waals surface area contributed by atoms with Crippen LogP contribution in [0.15, 0.2) is 29.3 Å². The van der Waals surface area contributed by atoms with Gasteiger partial charge in [-0.15, -0.1) is 24.0 Å². The molecule has 0 amide bonds. The Morgan fingerprint density at radius 3 is 2.42 bits per heavy atom. The van der Waals surface area contributed by atoms with E-state index in [9.17, 15) is 0 Å². The molecule has 0 bridgehead atoms. The van der Waals surface area contributed by atoms with E-state index in [0.717, 1.165) is 90.2 Å². The lowest BCUT2D eigenvalue weighted by molar-refractivity contribution is 0.0194. The predicted molar refractivity (Wildman–Crippen MR) is 143 cm³/mol. The molecule has 8 heteroatoms. The van der Waals surface area contributed by atoms with Gasteiger partial charge in [-0.2, -0.15) is 0 Å². The second kappa shape index (κ2) is 13.1. The molecule has 3 aliphatic heterocycles. The average Bonchev–Trinajstić information content (AvgIpc) is 3.34. The minimum Gasteiger partial charge on any atom is -0.494 e. The summed E-state index contributed by atoms with van der Waals surface area (Å²) >= 11 is 0. The molecular formula is C25H41IN4O3. The number of rotatable bonds is 7. The fraction of sp³-hybridized carbons (Fsp3) is 0.720. The summed E-state index contributed by atoms with van der Waals surface area (Å²) in [7, 11) is 0. The number of morpholine rings is 1. The fourth-order valence-electron chi connectivity index (χ4n) is 5.20. The van der Waals surface area contributed by atoms with E-state index in [4.69, 9.17) is 19.2 Å². The molecule has 1 unspecified atom stereocenters. The van der Waals surface area contributed by atoms with Crippen LogP contribution in [-0.2, 0) is 14.9 Å². The molecule has 1 aromatic rings. The zero-order chi connectivity index (χ0) is 22.2. The first-order chi connectivity index (χ1) is 15.7. The van der Waals surface area contributed by atoms with Gasteiger partial charge in [-0.05, 0) is 50.8 Å². The lowest BCUT2D eigenvalue weighted by Crippen LogP contribution is -2.47. The Hall–Kier alpha value is -1.10. The van der Waals surface area contributed by atoms with Gasteiger partial charge in [0.05, 0.1) is 26.4 Å². The van der Waals surface area contributed by atoms with Gasteiger partial charge in [0.25, 0.3) is 0 Å². The van der Waals surface area contributed by atoms with E-state index in [-0.39, 0.29) is 29.4 Å². The van der Waals surface area contributed by atoms with E-state index < -0.39 is 0 Å². The van der Waals surface area contributed by atoms with Crippen LogP contribution in [-0.4, -0.2) is 94.1 Å². The highest BCUT2D eigenvalue weighted by Crippen LogP contribution is 2.36. The third kappa shape index (κ3) is 6.74. The Kier molecular flexibility index (Phi) is 10.5. The van der Waals surface area contributed by atoms with Crippen molar-refractivity contribution < 1.29 is 14.2 Å². The van der Waals surface area contributed by atoms with Crippen molar-refractivity contribution in [3.05, 3.63) is 29.8 Å². The Balaban J connectivity index is 0.00000306. The maximum atomic E-state index is 5.73. The lowest BCUT2D eigenvalue weighted by Gasteiger charge is -2.37. The second-order valence-corrected chi connectivity index (χ2v) is 9.06. The highest BCUT2D eigenvalue weighted by Gasteiger charge is 2.35. The molecule has 3 fully saturated rings. The van der Waals surface area contributed by atoms with Crippen LogP contribution < -0.4 is 10.1 Å². The number of nitrogens with zero attached hydrogens (tertiary/aromatic N) is 3. The molecule has 3 aliphatic rings. The van der Waals surface area contributed by atoms with Crippen molar-refractivity contribution in [2.45, 2.75) is 44.6 Å². The van der Waals surface area contributed by atoms with Crippen molar-refractivity contribution in [3.8, 4) is 5.75 Å². The first kappa shape index (κ1) is 26.5. The summed E-state index contributed by atoms with van der Waals surface area (Å²) in [4.78, 5) is 10.3. The van der Waals surface area contributed by atoms with Crippen molar-refractivity contribution in [1.82, 2.24) is 15.1 Å². The van der Waals surface area contributed by atoms with Gasteiger partial charge in [0, 0.05) is 57.4 Å². The summed E-state index contributed by atoms with van der Waals surface area (Å²) in [6.45, 7) is 14.0. The van der Waals surface area contributed by atoms with Crippen LogP contribution in [0.5, 0.6) is 5.75 Å². The quantitative estimate of drug-likeness (QED) is 0.308. The normalized spacial score (nSPS) is 23.8. The summed E-state index contributed by atoms with van der Waals surface area (Å²) in [5, 5.41) is 3.56. The number of ether oxygens (including phenoxy) is 3. The van der Waals surface area contributed by atoms with Crippen molar-refractivity contribution in [3.63, 3.8) is 0 Å². The van der Waals surface area contributed by atoms with Gasteiger partial charge in [0.15, 0.2) is 5.96 Å². The van der Waals surface area contributed by atoms with E-state index in [0.29, 0.717) is 12.6 Å². The van der Waals surface area contributed by atoms with Crippen molar-refractivity contribution in [2.24, 2.45) is 4.99 Å². The number of likely N-dealkylation sites (tertiary alicyclic amines) is 1. The van der Waals surface area contributed by atoms with Gasteiger partial charge in [-0.1, -0.05) is 12.1 Å². The molecule has 0 aliphatic carbocycles. The zero-order valence-corrected chi connectivity index (χ0v) is 22.6. The van der Waals surface area contributed by atoms with Crippen LogP contribution in [0.25, 0.3) is 0 Å². The first-order valence-electron chi connectivity index (χ1n) is 12.4. The van der Waals surface area contributed by atoms with Crippen molar-refractivity contribution in [1.29, 1.82) is 0 Å². The third-order valence-electron chi connectivity index (χ3n) is 7.12. The van der Waals surface area contributed by atoms with Crippen LogP contribution in [0.2, 0.25) is 0 Å². The van der Waals surface area contributed by atoms with E-state index in [2.05, 4.69) is 46.3 Å². The molecule has 0 aromatic heterocycles. The fourth-order valence-corrected chi connectivity index (χ4v) is 5.20. The van der Waals surface area contributed by atoms with Gasteiger partial charge in [-0.25, -0.2) is 0 Å². The van der Waals surface area contributed by atoms with Crippen molar-refractivity contribution >= 4 is 29.9 Å². The number of guanidine groups is 1. The van der Waals surface area contributed by atoms with Crippen molar-refractivity contribution in [2.75, 3.05) is 72.3 Å². The van der Waals surface area contributed by atoms with Crippen LogP contribution in [0.3, 0.4) is 0 Å². The smallest absolute Gasteiger partial charge is 0.193 e. The van der Waals surface area contributed by atoms with Crippen LogP contribution in [0.1, 0.15) is 38.7 Å². The monoisotopic (exact) mass is 572 g/mol. The number of hydrogen-bond donors (Lipinski definition) is 1. The molecule has 0 saturated carbocycles. The molecule has 3 saturated heterocycles. The molecule has 1 atom stereocenters. The molecule has 186 valence electrons. The Morgan fingerprint density at radius 2 is 1.76 bits per heavy atom. The van der Waals surface area contributed by atoms with E-state index in [1.807, 2.05) is 6.92 Å². The summed E-state index contributed by atoms with van der Waals surface area (Å²) in [5.41, 5.74) is 1.36. The summed E-state index contributed by atoms with van der Waals surface area (Å²) in [6, 6.07) is 9.24. The molecule has 4 rings (SSSR count). The van der Waals surface area contributed by atoms with Crippen LogP contribution in [0.4, 0.5) is 0 Å². The second-order valence-electron chi connectivity index (χ2n) is 9.06. The third-order valence-corrected chi connectivity index (χ3v) is 7.12. The molecule has 33 heavy (non-hydrogen) atoms. The molecule has 0 spiro atoms. The minimum absolute atomic E-state index is 0. The van der Waals surface area contributed by atoms with Crippen LogP contribution >= 0.6 is 24.0 Å². The molecular weight excluding hydrogens is 531 g/mol. The van der Waals surface area contributed by atoms with E-state index >= 15 is 0 Å². The van der Waals surface area contributed by atoms with Gasteiger partial charge in [-0.3, -0.25) is 9.89 Å². The Morgan fingerprint density at radius 1 is 1.06 bits per heavy atom. The summed E-state index contributed by atoms with van der Waals surface area (Å²) < 4.78 is 16.9. The summed E-state index contributed by atoms with van der Waals surface area (Å²) in [6.07, 6.45) is 3.20. The van der Waals surface area contributed by atoms with E-state index in [1.165, 1.54) is 12.0 Å². The van der Waals surface area contributed by atoms with Crippen LogP contribution in [0, 0.1) is 0 Å². The van der Waals surface area contributed by atoms with E-state index in [1.54, 1.807) is 0 Å². The highest BCUT2D eigenvalue weighted by atomic mass is 127. The number of benzene rings is 1. The average molecular weight is 573 g/mol. The van der Waals surface area contributed by atoms with Gasteiger partial charge >= 0.3 is 0 Å². The summed E-state index contributed by atoms with van der Waals surface area (Å²) in [5.74, 6) is 1.99.